The molecule has 1 aromatic rings. The molecule has 0 atom stereocenters. The maximum atomic E-state index is 12.1. The van der Waals surface area contributed by atoms with E-state index in [2.05, 4.69) is 5.32 Å². The van der Waals surface area contributed by atoms with Gasteiger partial charge in [-0.3, -0.25) is 0 Å². The highest BCUT2D eigenvalue weighted by Gasteiger charge is 2.31. The largest absolute Gasteiger partial charge is 0.497 e. The summed E-state index contributed by atoms with van der Waals surface area (Å²) in [5.41, 5.74) is 6.27. The third-order valence-corrected chi connectivity index (χ3v) is 2.94. The maximum Gasteiger partial charge on any atom is 0.322 e. The van der Waals surface area contributed by atoms with Crippen LogP contribution in [0.15, 0.2) is 24.3 Å². The van der Waals surface area contributed by atoms with E-state index in [1.165, 1.54) is 0 Å². The lowest BCUT2D eigenvalue weighted by molar-refractivity contribution is 0.210. The van der Waals surface area contributed by atoms with Crippen LogP contribution in [-0.4, -0.2) is 37.2 Å². The van der Waals surface area contributed by atoms with Crippen molar-refractivity contribution in [1.82, 2.24) is 4.90 Å². The number of anilines is 1. The van der Waals surface area contributed by atoms with Gasteiger partial charge in [0.15, 0.2) is 0 Å². The Balaban J connectivity index is 2.00. The summed E-state index contributed by atoms with van der Waals surface area (Å²) >= 11 is 0. The molecule has 1 fully saturated rings. The fraction of sp³-hybridized carbons (Fsp3) is 0.462. The number of rotatable bonds is 5. The van der Waals surface area contributed by atoms with Crippen LogP contribution in [0.2, 0.25) is 0 Å². The number of methoxy groups -OCH3 is 1. The third kappa shape index (κ3) is 3.13. The first kappa shape index (κ1) is 12.7. The molecule has 0 saturated heterocycles. The van der Waals surface area contributed by atoms with E-state index in [1.807, 2.05) is 18.2 Å². The number of nitrogens with one attached hydrogen (secondary N) is 1. The van der Waals surface area contributed by atoms with Crippen molar-refractivity contribution in [3.8, 4) is 5.75 Å². The van der Waals surface area contributed by atoms with E-state index in [4.69, 9.17) is 10.5 Å². The van der Waals surface area contributed by atoms with Crippen molar-refractivity contribution in [3.05, 3.63) is 24.3 Å². The SMILES string of the molecule is COc1cccc(NC(=O)N(CCN)C2CC2)c1. The molecule has 0 spiro atoms. The molecule has 5 heteroatoms. The van der Waals surface area contributed by atoms with Crippen LogP contribution in [0.1, 0.15) is 12.8 Å². The monoisotopic (exact) mass is 249 g/mol. The lowest BCUT2D eigenvalue weighted by Gasteiger charge is -2.22. The van der Waals surface area contributed by atoms with Crippen LogP contribution in [-0.2, 0) is 0 Å². The summed E-state index contributed by atoms with van der Waals surface area (Å²) in [5, 5.41) is 2.87. The van der Waals surface area contributed by atoms with Gasteiger partial charge in [-0.15, -0.1) is 0 Å². The van der Waals surface area contributed by atoms with Crippen LogP contribution in [0, 0.1) is 0 Å². The highest BCUT2D eigenvalue weighted by molar-refractivity contribution is 5.90. The summed E-state index contributed by atoms with van der Waals surface area (Å²) < 4.78 is 5.12. The molecule has 0 radical (unpaired) electrons. The summed E-state index contributed by atoms with van der Waals surface area (Å²) in [6.45, 7) is 1.09. The van der Waals surface area contributed by atoms with Crippen LogP contribution >= 0.6 is 0 Å². The number of hydrogen-bond acceptors (Lipinski definition) is 3. The summed E-state index contributed by atoms with van der Waals surface area (Å²) in [5.74, 6) is 0.726. The second-order valence-electron chi connectivity index (χ2n) is 4.38. The predicted octanol–water partition coefficient (Wildman–Crippen LogP) is 1.65. The Morgan fingerprint density at radius 2 is 2.33 bits per heavy atom. The first-order chi connectivity index (χ1) is 8.74. The van der Waals surface area contributed by atoms with Gasteiger partial charge in [0.25, 0.3) is 0 Å². The Hall–Kier alpha value is -1.75. The van der Waals surface area contributed by atoms with E-state index in [9.17, 15) is 4.79 Å². The Kier molecular flexibility index (Phi) is 4.04. The second kappa shape index (κ2) is 5.73. The lowest BCUT2D eigenvalue weighted by Crippen LogP contribution is -2.40. The van der Waals surface area contributed by atoms with E-state index in [-0.39, 0.29) is 6.03 Å². The minimum absolute atomic E-state index is 0.0868. The quantitative estimate of drug-likeness (QED) is 0.833. The fourth-order valence-corrected chi connectivity index (χ4v) is 1.87. The highest BCUT2D eigenvalue weighted by Crippen LogP contribution is 2.27. The molecule has 98 valence electrons. The third-order valence-electron chi connectivity index (χ3n) is 2.94. The van der Waals surface area contributed by atoms with Gasteiger partial charge in [-0.1, -0.05) is 6.07 Å². The molecule has 0 heterocycles. The van der Waals surface area contributed by atoms with Crippen LogP contribution in [0.5, 0.6) is 5.75 Å². The summed E-state index contributed by atoms with van der Waals surface area (Å²) in [6.07, 6.45) is 2.15. The lowest BCUT2D eigenvalue weighted by atomic mass is 10.3. The first-order valence-electron chi connectivity index (χ1n) is 6.16. The summed E-state index contributed by atoms with van der Waals surface area (Å²) in [4.78, 5) is 13.9. The molecule has 1 aromatic carbocycles. The number of urea groups is 1. The van der Waals surface area contributed by atoms with Crippen LogP contribution in [0.3, 0.4) is 0 Å². The Morgan fingerprint density at radius 1 is 1.56 bits per heavy atom. The molecule has 0 aliphatic heterocycles. The standard InChI is InChI=1S/C13H19N3O2/c1-18-12-4-2-3-10(9-12)15-13(17)16(8-7-14)11-5-6-11/h2-4,9,11H,5-8,14H2,1H3,(H,15,17). The molecule has 0 aromatic heterocycles. The molecule has 0 bridgehead atoms. The minimum atomic E-state index is -0.0868. The van der Waals surface area contributed by atoms with Crippen molar-refractivity contribution in [3.63, 3.8) is 0 Å². The van der Waals surface area contributed by atoms with Crippen molar-refractivity contribution in [2.24, 2.45) is 5.73 Å². The van der Waals surface area contributed by atoms with Gasteiger partial charge < -0.3 is 20.7 Å². The van der Waals surface area contributed by atoms with Gasteiger partial charge in [0, 0.05) is 30.9 Å². The van der Waals surface area contributed by atoms with E-state index < -0.39 is 0 Å². The second-order valence-corrected chi connectivity index (χ2v) is 4.38. The maximum absolute atomic E-state index is 12.1. The molecule has 3 N–H and O–H groups in total. The van der Waals surface area contributed by atoms with Gasteiger partial charge in [-0.25, -0.2) is 4.79 Å². The highest BCUT2D eigenvalue weighted by atomic mass is 16.5. The van der Waals surface area contributed by atoms with E-state index in [0.717, 1.165) is 24.3 Å². The fourth-order valence-electron chi connectivity index (χ4n) is 1.87. The normalized spacial score (nSPS) is 14.1. The average Bonchev–Trinajstić information content (AvgIpc) is 3.20. The number of hydrogen-bond donors (Lipinski definition) is 2. The van der Waals surface area contributed by atoms with Gasteiger partial charge in [-0.2, -0.15) is 0 Å². The number of nitrogens with two attached hydrogens (primary N) is 1. The molecular formula is C13H19N3O2. The van der Waals surface area contributed by atoms with Crippen LogP contribution < -0.4 is 15.8 Å². The first-order valence-corrected chi connectivity index (χ1v) is 6.16. The molecule has 2 rings (SSSR count). The van der Waals surface area contributed by atoms with Crippen LogP contribution in [0.4, 0.5) is 10.5 Å². The smallest absolute Gasteiger partial charge is 0.322 e. The molecule has 1 aliphatic rings. The minimum Gasteiger partial charge on any atom is -0.497 e. The van der Waals surface area contributed by atoms with Gasteiger partial charge in [0.2, 0.25) is 0 Å². The zero-order valence-electron chi connectivity index (χ0n) is 10.6. The molecule has 1 saturated carbocycles. The molecule has 2 amide bonds. The van der Waals surface area contributed by atoms with Gasteiger partial charge >= 0.3 is 6.03 Å². The molecule has 0 unspecified atom stereocenters. The number of amides is 2. The van der Waals surface area contributed by atoms with Crippen molar-refractivity contribution in [2.75, 3.05) is 25.5 Å². The number of carbonyl (C=O) groups is 1. The Morgan fingerprint density at radius 3 is 2.94 bits per heavy atom. The zero-order valence-corrected chi connectivity index (χ0v) is 10.6. The summed E-state index contributed by atoms with van der Waals surface area (Å²) in [7, 11) is 1.60. The van der Waals surface area contributed by atoms with Gasteiger partial charge in [0.05, 0.1) is 7.11 Å². The molecule has 5 nitrogen and oxygen atoms in total. The van der Waals surface area contributed by atoms with Gasteiger partial charge in [-0.05, 0) is 25.0 Å². The number of nitrogens with zero attached hydrogens (tertiary/aromatic N) is 1. The average molecular weight is 249 g/mol. The van der Waals surface area contributed by atoms with E-state index in [1.54, 1.807) is 18.1 Å². The van der Waals surface area contributed by atoms with Crippen molar-refractivity contribution in [2.45, 2.75) is 18.9 Å². The molecular weight excluding hydrogens is 230 g/mol. The zero-order chi connectivity index (χ0) is 13.0. The van der Waals surface area contributed by atoms with Crippen molar-refractivity contribution in [1.29, 1.82) is 0 Å². The van der Waals surface area contributed by atoms with Crippen molar-refractivity contribution >= 4 is 11.7 Å². The predicted molar refractivity (Wildman–Crippen MR) is 70.8 cm³/mol. The molecule has 1 aliphatic carbocycles. The van der Waals surface area contributed by atoms with E-state index >= 15 is 0 Å². The van der Waals surface area contributed by atoms with E-state index in [0.29, 0.717) is 19.1 Å². The Bertz CT molecular complexity index is 418. The number of benzene rings is 1. The Labute approximate surface area is 107 Å². The van der Waals surface area contributed by atoms with Gasteiger partial charge in [0.1, 0.15) is 5.75 Å². The van der Waals surface area contributed by atoms with Crippen LogP contribution in [0.25, 0.3) is 0 Å². The van der Waals surface area contributed by atoms with Crippen molar-refractivity contribution < 1.29 is 9.53 Å². The molecule has 18 heavy (non-hydrogen) atoms. The number of carbonyl (C=O) groups excluding carboxylic acids is 1. The summed E-state index contributed by atoms with van der Waals surface area (Å²) in [6, 6.07) is 7.60. The topological polar surface area (TPSA) is 67.6 Å². The number of ether oxygens (including phenoxy) is 1.